The number of nitrogens with one attached hydrogen (secondary N) is 1. The average Bonchev–Trinajstić information content (AvgIpc) is 3.37. The van der Waals surface area contributed by atoms with E-state index in [1.54, 1.807) is 22.0 Å². The molecule has 45 heavy (non-hydrogen) atoms. The maximum Gasteiger partial charge on any atom is 0.245 e. The molecule has 4 aromatic rings. The van der Waals surface area contributed by atoms with Crippen molar-refractivity contribution in [2.24, 2.45) is 5.41 Å². The maximum atomic E-state index is 14.1. The number of piperidine rings is 1. The predicted molar refractivity (Wildman–Crippen MR) is 172 cm³/mol. The zero-order valence-corrected chi connectivity index (χ0v) is 26.7. The molecule has 7 rings (SSSR count). The number of benzene rings is 2. The predicted octanol–water partition coefficient (Wildman–Crippen LogP) is 5.45. The van der Waals surface area contributed by atoms with Crippen LogP contribution in [0, 0.1) is 19.3 Å². The van der Waals surface area contributed by atoms with Gasteiger partial charge in [0, 0.05) is 36.3 Å². The smallest absolute Gasteiger partial charge is 0.245 e. The van der Waals surface area contributed by atoms with Crippen molar-refractivity contribution >= 4 is 28.5 Å². The summed E-state index contributed by atoms with van der Waals surface area (Å²) in [6, 6.07) is 9.84. The molecule has 1 aliphatic heterocycles. The quantitative estimate of drug-likeness (QED) is 0.281. The number of nitrogens with zero attached hydrogens (tertiary/aromatic N) is 5. The summed E-state index contributed by atoms with van der Waals surface area (Å²) in [5.41, 5.74) is 7.52. The number of carbonyl (C=O) groups is 3. The van der Waals surface area contributed by atoms with Crippen molar-refractivity contribution < 1.29 is 14.4 Å². The van der Waals surface area contributed by atoms with Gasteiger partial charge in [-0.2, -0.15) is 5.10 Å². The second-order valence-corrected chi connectivity index (χ2v) is 13.6. The Morgan fingerprint density at radius 2 is 1.73 bits per heavy atom. The molecule has 3 heterocycles. The van der Waals surface area contributed by atoms with E-state index in [0.717, 1.165) is 47.0 Å². The van der Waals surface area contributed by atoms with Crippen LogP contribution in [0.1, 0.15) is 91.1 Å². The molecule has 0 spiro atoms. The van der Waals surface area contributed by atoms with Gasteiger partial charge in [-0.15, -0.1) is 0 Å². The Kier molecular flexibility index (Phi) is 7.10. The van der Waals surface area contributed by atoms with Gasteiger partial charge < -0.3 is 10.2 Å². The summed E-state index contributed by atoms with van der Waals surface area (Å²) < 4.78 is 1.64. The van der Waals surface area contributed by atoms with E-state index < -0.39 is 6.04 Å². The monoisotopic (exact) mass is 604 g/mol. The van der Waals surface area contributed by atoms with Gasteiger partial charge in [-0.05, 0) is 105 Å². The lowest BCUT2D eigenvalue weighted by molar-refractivity contribution is -0.140. The Labute approximate surface area is 263 Å². The third-order valence-electron chi connectivity index (χ3n) is 10.2. The van der Waals surface area contributed by atoms with Gasteiger partial charge in [-0.25, -0.2) is 9.97 Å². The second kappa shape index (κ2) is 10.9. The normalized spacial score (nSPS) is 22.6. The molecule has 1 unspecified atom stereocenters. The zero-order valence-electron chi connectivity index (χ0n) is 26.7. The lowest BCUT2D eigenvalue weighted by Gasteiger charge is -2.28. The first-order chi connectivity index (χ1) is 21.5. The Bertz CT molecular complexity index is 1860. The fraction of sp³-hybridized carbons (Fsp3) is 0.444. The van der Waals surface area contributed by atoms with E-state index >= 15 is 0 Å². The first-order valence-electron chi connectivity index (χ1n) is 16.1. The van der Waals surface area contributed by atoms with Crippen LogP contribution in [-0.2, 0) is 29.0 Å². The molecule has 2 fully saturated rings. The molecular formula is C36H40N6O3. The number of Topliss-reactive ketones (excluding diaryl/α,β-unsaturated/α-hetero) is 1. The van der Waals surface area contributed by atoms with E-state index in [-0.39, 0.29) is 41.6 Å². The maximum absolute atomic E-state index is 14.1. The third-order valence-corrected chi connectivity index (χ3v) is 10.2. The van der Waals surface area contributed by atoms with Crippen molar-refractivity contribution in [3.05, 3.63) is 76.5 Å². The number of likely N-dealkylation sites (tertiary alicyclic amines) is 1. The lowest BCUT2D eigenvalue weighted by Crippen LogP contribution is -2.49. The van der Waals surface area contributed by atoms with Crippen molar-refractivity contribution in [1.29, 1.82) is 0 Å². The number of amides is 2. The van der Waals surface area contributed by atoms with Crippen molar-refractivity contribution in [2.75, 3.05) is 0 Å². The Morgan fingerprint density at radius 1 is 1.00 bits per heavy atom. The molecule has 2 aromatic carbocycles. The minimum absolute atomic E-state index is 0.0307. The van der Waals surface area contributed by atoms with Crippen molar-refractivity contribution in [1.82, 2.24) is 30.0 Å². The van der Waals surface area contributed by atoms with E-state index in [2.05, 4.69) is 45.5 Å². The zero-order chi connectivity index (χ0) is 31.6. The largest absolute Gasteiger partial charge is 0.348 e. The van der Waals surface area contributed by atoms with Crippen molar-refractivity contribution in [3.8, 4) is 11.1 Å². The number of hydrogen-bond acceptors (Lipinski definition) is 6. The van der Waals surface area contributed by atoms with E-state index in [1.165, 1.54) is 30.9 Å². The van der Waals surface area contributed by atoms with E-state index in [4.69, 9.17) is 0 Å². The Hall–Kier alpha value is -4.40. The van der Waals surface area contributed by atoms with Crippen LogP contribution in [0.5, 0.6) is 0 Å². The van der Waals surface area contributed by atoms with E-state index in [0.29, 0.717) is 23.3 Å². The van der Waals surface area contributed by atoms with Gasteiger partial charge in [0.1, 0.15) is 24.1 Å². The van der Waals surface area contributed by atoms with Crippen molar-refractivity contribution in [3.63, 3.8) is 0 Å². The molecule has 232 valence electrons. The summed E-state index contributed by atoms with van der Waals surface area (Å²) in [5, 5.41) is 8.56. The SMILES string of the molecule is CC(=O)c1nn(CC(=O)N2C3C[C@]3(C)C[C@H]2C(=O)N[C@@H](C)c2ccc3c(c2)CCCC3)c2c(C)cc(-c3cnc(C)nc3)cc12. The van der Waals surface area contributed by atoms with Crippen LogP contribution in [-0.4, -0.2) is 54.3 Å². The summed E-state index contributed by atoms with van der Waals surface area (Å²) in [5.74, 6) is 0.240. The van der Waals surface area contributed by atoms with Gasteiger partial charge in [0.25, 0.3) is 0 Å². The molecule has 1 saturated carbocycles. The first-order valence-corrected chi connectivity index (χ1v) is 16.1. The second-order valence-electron chi connectivity index (χ2n) is 13.6. The molecule has 2 aliphatic carbocycles. The van der Waals surface area contributed by atoms with Gasteiger partial charge in [-0.1, -0.05) is 25.1 Å². The Morgan fingerprint density at radius 3 is 2.47 bits per heavy atom. The molecule has 1 saturated heterocycles. The molecule has 0 radical (unpaired) electrons. The highest BCUT2D eigenvalue weighted by molar-refractivity contribution is 6.07. The number of carbonyl (C=O) groups excluding carboxylic acids is 3. The molecular weight excluding hydrogens is 564 g/mol. The molecule has 1 N–H and O–H groups in total. The van der Waals surface area contributed by atoms with Crippen LogP contribution in [0.2, 0.25) is 0 Å². The van der Waals surface area contributed by atoms with Crippen LogP contribution >= 0.6 is 0 Å². The average molecular weight is 605 g/mol. The number of hydrogen-bond donors (Lipinski definition) is 1. The Balaban J connectivity index is 1.14. The highest BCUT2D eigenvalue weighted by Crippen LogP contribution is 2.59. The first kappa shape index (κ1) is 29.3. The summed E-state index contributed by atoms with van der Waals surface area (Å²) in [6.07, 6.45) is 9.72. The molecule has 2 aromatic heterocycles. The highest BCUT2D eigenvalue weighted by atomic mass is 16.2. The molecule has 9 nitrogen and oxygen atoms in total. The van der Waals surface area contributed by atoms with Crippen LogP contribution in [0.3, 0.4) is 0 Å². The standard InChI is InChI=1S/C36H40N6O3/c1-20-12-27(28-17-37-23(4)38-18-28)14-29-33(22(3)43)40-41(34(20)29)19-32(44)42-30(15-36(5)16-31(36)42)35(45)39-21(2)25-11-10-24-8-6-7-9-26(24)13-25/h10-14,17-18,21,30-31H,6-9,15-16,19H2,1-5H3,(H,39,45)/t21-,30-,31?,36-/m0/s1. The summed E-state index contributed by atoms with van der Waals surface area (Å²) in [7, 11) is 0. The van der Waals surface area contributed by atoms with Crippen molar-refractivity contribution in [2.45, 2.75) is 97.8 Å². The fourth-order valence-corrected chi connectivity index (χ4v) is 7.60. The van der Waals surface area contributed by atoms with Crippen LogP contribution in [0.15, 0.2) is 42.7 Å². The number of rotatable bonds is 7. The van der Waals surface area contributed by atoms with Crippen LogP contribution < -0.4 is 5.32 Å². The van der Waals surface area contributed by atoms with Gasteiger partial charge in [-0.3, -0.25) is 19.1 Å². The minimum atomic E-state index is -0.537. The molecule has 3 aliphatic rings. The van der Waals surface area contributed by atoms with E-state index in [1.807, 2.05) is 32.9 Å². The number of aryl methyl sites for hydroxylation is 4. The van der Waals surface area contributed by atoms with Gasteiger partial charge in [0.15, 0.2) is 5.78 Å². The van der Waals surface area contributed by atoms with E-state index in [9.17, 15) is 14.4 Å². The molecule has 2 amide bonds. The fourth-order valence-electron chi connectivity index (χ4n) is 7.60. The van der Waals surface area contributed by atoms with Crippen LogP contribution in [0.25, 0.3) is 22.0 Å². The highest BCUT2D eigenvalue weighted by Gasteiger charge is 2.64. The lowest BCUT2D eigenvalue weighted by atomic mass is 9.89. The molecule has 4 atom stereocenters. The minimum Gasteiger partial charge on any atom is -0.348 e. The number of aromatic nitrogens is 4. The summed E-state index contributed by atoms with van der Waals surface area (Å²) in [4.78, 5) is 51.0. The van der Waals surface area contributed by atoms with Gasteiger partial charge in [0.2, 0.25) is 11.8 Å². The topological polar surface area (TPSA) is 110 Å². The molecule has 9 heteroatoms. The number of ketones is 1. The third kappa shape index (κ3) is 5.22. The summed E-state index contributed by atoms with van der Waals surface area (Å²) >= 11 is 0. The van der Waals surface area contributed by atoms with Gasteiger partial charge >= 0.3 is 0 Å². The van der Waals surface area contributed by atoms with Crippen LogP contribution in [0.4, 0.5) is 0 Å². The molecule has 0 bridgehead atoms. The summed E-state index contributed by atoms with van der Waals surface area (Å²) in [6.45, 7) is 9.42. The number of fused-ring (bicyclic) bond motifs is 3. The van der Waals surface area contributed by atoms with Gasteiger partial charge in [0.05, 0.1) is 11.6 Å².